The number of hydrogen-bond donors (Lipinski definition) is 2. The van der Waals surface area contributed by atoms with Gasteiger partial charge in [0.15, 0.2) is 5.58 Å². The molecule has 2 amide bonds. The Labute approximate surface area is 193 Å². The molecule has 3 aromatic rings. The molecule has 0 saturated carbocycles. The first-order valence-electron chi connectivity index (χ1n) is 10.5. The van der Waals surface area contributed by atoms with E-state index in [0.717, 1.165) is 5.56 Å². The zero-order chi connectivity index (χ0) is 23.4. The predicted molar refractivity (Wildman–Crippen MR) is 123 cm³/mol. The van der Waals surface area contributed by atoms with Gasteiger partial charge >= 0.3 is 0 Å². The monoisotopic (exact) mass is 468 g/mol. The summed E-state index contributed by atoms with van der Waals surface area (Å²) in [6.45, 7) is -0.0628. The summed E-state index contributed by atoms with van der Waals surface area (Å²) in [6, 6.07) is 15.7. The maximum Gasteiger partial charge on any atom is 0.266 e. The maximum absolute atomic E-state index is 13.2. The average Bonchev–Trinajstić information content (AvgIpc) is 3.46. The second kappa shape index (κ2) is 10.1. The van der Waals surface area contributed by atoms with E-state index in [9.17, 15) is 18.6 Å². The van der Waals surface area contributed by atoms with Crippen molar-refractivity contribution in [3.05, 3.63) is 66.1 Å². The summed E-state index contributed by atoms with van der Waals surface area (Å²) in [6.07, 6.45) is 2.04. The number of hydrogen-bond acceptors (Lipinski definition) is 6. The molecular weight excluding hydrogens is 444 g/mol. The lowest BCUT2D eigenvalue weighted by Crippen LogP contribution is -2.51. The Morgan fingerprint density at radius 3 is 2.55 bits per heavy atom. The second-order valence-electron chi connectivity index (χ2n) is 7.74. The number of amides is 2. The van der Waals surface area contributed by atoms with Gasteiger partial charge in [0.1, 0.15) is 11.6 Å². The van der Waals surface area contributed by atoms with Crippen LogP contribution < -0.4 is 10.0 Å². The molecule has 1 aliphatic rings. The van der Waals surface area contributed by atoms with Crippen LogP contribution >= 0.6 is 0 Å². The lowest BCUT2D eigenvalue weighted by atomic mass is 9.91. The van der Waals surface area contributed by atoms with Gasteiger partial charge in [0.25, 0.3) is 5.89 Å². The molecule has 2 N–H and O–H groups in total. The summed E-state index contributed by atoms with van der Waals surface area (Å²) >= 11 is 0. The van der Waals surface area contributed by atoms with Crippen LogP contribution in [0.15, 0.2) is 59.0 Å². The number of para-hydroxylation sites is 2. The highest BCUT2D eigenvalue weighted by Crippen LogP contribution is 2.33. The Kier molecular flexibility index (Phi) is 6.95. The molecule has 4 rings (SSSR count). The van der Waals surface area contributed by atoms with Crippen LogP contribution in [0.5, 0.6) is 0 Å². The van der Waals surface area contributed by atoms with Crippen LogP contribution in [0.1, 0.15) is 28.6 Å². The van der Waals surface area contributed by atoms with E-state index >= 15 is 0 Å². The Morgan fingerprint density at radius 1 is 1.09 bits per heavy atom. The van der Waals surface area contributed by atoms with Gasteiger partial charge in [-0.1, -0.05) is 42.5 Å². The van der Waals surface area contributed by atoms with E-state index in [1.165, 1.54) is 11.2 Å². The SMILES string of the molecule is CS(=O)NCC(=O)N1CC[C@H](c2ccccc2)C1C(=O)NCC(=O)c1nc2ccccc2o1. The molecule has 1 aromatic heterocycles. The van der Waals surface area contributed by atoms with Crippen LogP contribution in [0.4, 0.5) is 0 Å². The number of oxazole rings is 1. The van der Waals surface area contributed by atoms with Crippen molar-refractivity contribution in [2.75, 3.05) is 25.9 Å². The minimum Gasteiger partial charge on any atom is -0.434 e. The summed E-state index contributed by atoms with van der Waals surface area (Å²) in [5.41, 5.74) is 1.99. The summed E-state index contributed by atoms with van der Waals surface area (Å²) in [7, 11) is -1.35. The molecule has 0 radical (unpaired) electrons. The summed E-state index contributed by atoms with van der Waals surface area (Å²) < 4.78 is 19.4. The molecule has 3 atom stereocenters. The fourth-order valence-corrected chi connectivity index (χ4v) is 4.38. The smallest absolute Gasteiger partial charge is 0.266 e. The van der Waals surface area contributed by atoms with Gasteiger partial charge in [0, 0.05) is 18.7 Å². The molecular formula is C23H24N4O5S. The van der Waals surface area contributed by atoms with Crippen LogP contribution in [0, 0.1) is 0 Å². The summed E-state index contributed by atoms with van der Waals surface area (Å²) in [5.74, 6) is -1.52. The fraction of sp³-hybridized carbons (Fsp3) is 0.304. The summed E-state index contributed by atoms with van der Waals surface area (Å²) in [4.78, 5) is 44.2. The standard InChI is InChI=1S/C23H24N4O5S/c1-33(31)25-14-20(29)27-12-11-16(15-7-3-2-4-8-15)21(27)22(30)24-13-18(28)23-26-17-9-5-6-10-19(17)32-23/h2-10,16,21,25H,11-14H2,1H3,(H,24,30)/t16-,21?,33?/m1/s1. The van der Waals surface area contributed by atoms with E-state index in [-0.39, 0.29) is 30.8 Å². The molecule has 9 nitrogen and oxygen atoms in total. The number of benzene rings is 2. The number of fused-ring (bicyclic) bond motifs is 1. The molecule has 2 unspecified atom stereocenters. The first kappa shape index (κ1) is 22.8. The van der Waals surface area contributed by atoms with E-state index in [1.54, 1.807) is 24.3 Å². The van der Waals surface area contributed by atoms with E-state index in [0.29, 0.717) is 24.1 Å². The minimum absolute atomic E-state index is 0.0786. The van der Waals surface area contributed by atoms with Gasteiger partial charge in [-0.3, -0.25) is 14.4 Å². The lowest BCUT2D eigenvalue weighted by Gasteiger charge is -2.27. The van der Waals surface area contributed by atoms with Crippen LogP contribution in [0.25, 0.3) is 11.1 Å². The normalized spacial score (nSPS) is 18.9. The minimum atomic E-state index is -1.35. The third kappa shape index (κ3) is 5.18. The molecule has 33 heavy (non-hydrogen) atoms. The van der Waals surface area contributed by atoms with Gasteiger partial charge in [0.2, 0.25) is 17.6 Å². The zero-order valence-corrected chi connectivity index (χ0v) is 18.8. The molecule has 2 heterocycles. The number of carbonyl (C=O) groups is 3. The third-order valence-electron chi connectivity index (χ3n) is 5.60. The molecule has 10 heteroatoms. The van der Waals surface area contributed by atoms with Crippen LogP contribution in [-0.2, 0) is 20.6 Å². The molecule has 0 bridgehead atoms. The number of rotatable bonds is 8. The Bertz CT molecular complexity index is 1160. The molecule has 0 aliphatic carbocycles. The second-order valence-corrected chi connectivity index (χ2v) is 8.94. The average molecular weight is 469 g/mol. The molecule has 2 aromatic carbocycles. The quantitative estimate of drug-likeness (QED) is 0.482. The summed E-state index contributed by atoms with van der Waals surface area (Å²) in [5, 5.41) is 2.65. The fourth-order valence-electron chi connectivity index (χ4n) is 4.05. The number of aromatic nitrogens is 1. The Morgan fingerprint density at radius 2 is 1.82 bits per heavy atom. The molecule has 1 saturated heterocycles. The number of ketones is 1. The lowest BCUT2D eigenvalue weighted by molar-refractivity contribution is -0.137. The van der Waals surface area contributed by atoms with Crippen molar-refractivity contribution in [3.63, 3.8) is 0 Å². The molecule has 0 spiro atoms. The van der Waals surface area contributed by atoms with Gasteiger partial charge in [0.05, 0.1) is 24.1 Å². The third-order valence-corrected chi connectivity index (χ3v) is 6.15. The van der Waals surface area contributed by atoms with Crippen LogP contribution in [0.3, 0.4) is 0 Å². The highest BCUT2D eigenvalue weighted by atomic mass is 32.2. The Hall–Kier alpha value is -3.37. The van der Waals surface area contributed by atoms with Crippen molar-refractivity contribution in [2.24, 2.45) is 0 Å². The highest BCUT2D eigenvalue weighted by molar-refractivity contribution is 7.82. The first-order chi connectivity index (χ1) is 15.9. The van der Waals surface area contributed by atoms with E-state index in [4.69, 9.17) is 4.42 Å². The van der Waals surface area contributed by atoms with Gasteiger partial charge in [-0.2, -0.15) is 0 Å². The van der Waals surface area contributed by atoms with Crippen molar-refractivity contribution in [3.8, 4) is 0 Å². The number of carbonyl (C=O) groups excluding carboxylic acids is 3. The number of nitrogens with one attached hydrogen (secondary N) is 2. The molecule has 172 valence electrons. The van der Waals surface area contributed by atoms with Crippen molar-refractivity contribution in [1.82, 2.24) is 19.9 Å². The number of likely N-dealkylation sites (tertiary alicyclic amines) is 1. The Balaban J connectivity index is 1.49. The number of Topliss-reactive ketones (excluding diaryl/α,β-unsaturated/α-hetero) is 1. The van der Waals surface area contributed by atoms with Crippen molar-refractivity contribution >= 4 is 39.7 Å². The maximum atomic E-state index is 13.2. The van der Waals surface area contributed by atoms with E-state index < -0.39 is 28.7 Å². The topological polar surface area (TPSA) is 122 Å². The van der Waals surface area contributed by atoms with Gasteiger partial charge in [-0.05, 0) is 24.1 Å². The van der Waals surface area contributed by atoms with Crippen molar-refractivity contribution < 1.29 is 23.0 Å². The van der Waals surface area contributed by atoms with Gasteiger partial charge in [-0.15, -0.1) is 0 Å². The number of nitrogens with zero attached hydrogens (tertiary/aromatic N) is 2. The van der Waals surface area contributed by atoms with Crippen molar-refractivity contribution in [2.45, 2.75) is 18.4 Å². The van der Waals surface area contributed by atoms with E-state index in [1.807, 2.05) is 30.3 Å². The van der Waals surface area contributed by atoms with Crippen molar-refractivity contribution in [1.29, 1.82) is 0 Å². The van der Waals surface area contributed by atoms with Crippen LogP contribution in [0.2, 0.25) is 0 Å². The predicted octanol–water partition coefficient (Wildman–Crippen LogP) is 1.39. The van der Waals surface area contributed by atoms with Crippen LogP contribution in [-0.4, -0.2) is 63.6 Å². The van der Waals surface area contributed by atoms with Gasteiger partial charge < -0.3 is 14.6 Å². The van der Waals surface area contributed by atoms with E-state index in [2.05, 4.69) is 15.0 Å². The highest BCUT2D eigenvalue weighted by Gasteiger charge is 2.42. The van der Waals surface area contributed by atoms with Gasteiger partial charge in [-0.25, -0.2) is 13.9 Å². The largest absolute Gasteiger partial charge is 0.434 e. The molecule has 1 aliphatic heterocycles. The zero-order valence-electron chi connectivity index (χ0n) is 18.0. The first-order valence-corrected chi connectivity index (χ1v) is 12.1. The molecule has 1 fully saturated rings.